The lowest BCUT2D eigenvalue weighted by molar-refractivity contribution is -0.152. The van der Waals surface area contributed by atoms with Crippen molar-refractivity contribution in [1.82, 2.24) is 10.2 Å². The summed E-state index contributed by atoms with van der Waals surface area (Å²) in [5, 5.41) is 5.82. The lowest BCUT2D eigenvalue weighted by Crippen LogP contribution is -2.57. The maximum absolute atomic E-state index is 13.4. The molecule has 4 unspecified atom stereocenters. The fourth-order valence-electron chi connectivity index (χ4n) is 5.74. The van der Waals surface area contributed by atoms with Crippen LogP contribution in [0.15, 0.2) is 41.5 Å². The van der Waals surface area contributed by atoms with Gasteiger partial charge in [-0.1, -0.05) is 57.9 Å². The third kappa shape index (κ3) is 10.4. The first-order valence-corrected chi connectivity index (χ1v) is 16.5. The molecule has 1 heterocycles. The molecule has 0 radical (unpaired) electrons. The van der Waals surface area contributed by atoms with E-state index in [-0.39, 0.29) is 23.8 Å². The Morgan fingerprint density at radius 1 is 1.15 bits per heavy atom. The Hall–Kier alpha value is -3.82. The summed E-state index contributed by atoms with van der Waals surface area (Å²) < 4.78 is 15.9. The number of nitrogens with one attached hydrogen (secondary N) is 2. The normalized spacial score (nSPS) is 20.5. The largest absolute Gasteiger partial charge is 0.497 e. The van der Waals surface area contributed by atoms with Crippen molar-refractivity contribution in [1.29, 1.82) is 0 Å². The number of rotatable bonds is 14. The van der Waals surface area contributed by atoms with E-state index in [1.54, 1.807) is 7.11 Å². The zero-order valence-corrected chi connectivity index (χ0v) is 28.9. The number of carbonyl (C=O) groups excluding carboxylic acids is 4. The van der Waals surface area contributed by atoms with Gasteiger partial charge in [0, 0.05) is 23.9 Å². The van der Waals surface area contributed by atoms with Crippen LogP contribution in [0.2, 0.25) is 0 Å². The summed E-state index contributed by atoms with van der Waals surface area (Å²) in [6.07, 6.45) is 9.53. The summed E-state index contributed by atoms with van der Waals surface area (Å²) in [7, 11) is 2.92. The number of allylic oxidation sites excluding steroid dienone is 2. The monoisotopic (exact) mass is 639 g/mol. The standard InChI is InChI=1S/C36H53N3O7/c1-9-10-14-26(32(40)37-28-22-27(44-7)18-17-24(28)3)20-23(2)13-11-15-25-21-30(25)46-35(43)38-31(36(4,5)6)33(41)39-19-12-16-29(39)34(42)45-8/h14,17-18,20,22,25,29-31H,9-13,15-16,19,21H2,1-8H3,(H,37,40)(H,38,43)/b23-20?,26-14+. The number of benzene rings is 1. The molecule has 0 aromatic heterocycles. The molecule has 2 N–H and O–H groups in total. The maximum Gasteiger partial charge on any atom is 0.408 e. The van der Waals surface area contributed by atoms with E-state index >= 15 is 0 Å². The second-order valence-corrected chi connectivity index (χ2v) is 13.6. The molecular formula is C36H53N3O7. The quantitative estimate of drug-likeness (QED) is 0.136. The van der Waals surface area contributed by atoms with E-state index in [0.717, 1.165) is 55.3 Å². The SMILES string of the molecule is CCC/C=C(\C=C(C)CCCC1CC1OC(=O)NC(C(=O)N1CCCC1C(=O)OC)C(C)(C)C)C(=O)Nc1cc(OC)ccc1C. The van der Waals surface area contributed by atoms with Gasteiger partial charge in [0.25, 0.3) is 5.91 Å². The molecule has 1 saturated heterocycles. The molecule has 10 heteroatoms. The van der Waals surface area contributed by atoms with Crippen LogP contribution in [0.3, 0.4) is 0 Å². The summed E-state index contributed by atoms with van der Waals surface area (Å²) in [6, 6.07) is 4.14. The smallest absolute Gasteiger partial charge is 0.408 e. The zero-order chi connectivity index (χ0) is 34.0. The van der Waals surface area contributed by atoms with Gasteiger partial charge in [0.05, 0.1) is 14.2 Å². The first-order valence-electron chi connectivity index (χ1n) is 16.5. The van der Waals surface area contributed by atoms with Gasteiger partial charge in [-0.15, -0.1) is 0 Å². The number of hydrogen-bond acceptors (Lipinski definition) is 7. The molecule has 1 saturated carbocycles. The number of methoxy groups -OCH3 is 2. The third-order valence-corrected chi connectivity index (χ3v) is 8.66. The van der Waals surface area contributed by atoms with Crippen LogP contribution in [0, 0.1) is 18.3 Å². The van der Waals surface area contributed by atoms with E-state index in [1.807, 2.05) is 65.0 Å². The predicted octanol–water partition coefficient (Wildman–Crippen LogP) is 6.48. The van der Waals surface area contributed by atoms with Crippen LogP contribution >= 0.6 is 0 Å². The Morgan fingerprint density at radius 2 is 1.89 bits per heavy atom. The number of aryl methyl sites for hydroxylation is 1. The van der Waals surface area contributed by atoms with E-state index in [4.69, 9.17) is 14.2 Å². The van der Waals surface area contributed by atoms with Gasteiger partial charge in [-0.25, -0.2) is 9.59 Å². The average molecular weight is 640 g/mol. The van der Waals surface area contributed by atoms with Gasteiger partial charge in [0.2, 0.25) is 5.91 Å². The molecule has 1 aromatic rings. The van der Waals surface area contributed by atoms with Crippen molar-refractivity contribution in [2.24, 2.45) is 11.3 Å². The van der Waals surface area contributed by atoms with Crippen LogP contribution < -0.4 is 15.4 Å². The van der Waals surface area contributed by atoms with Crippen molar-refractivity contribution in [2.75, 3.05) is 26.1 Å². The number of alkyl carbamates (subject to hydrolysis) is 1. The maximum atomic E-state index is 13.4. The van der Waals surface area contributed by atoms with Crippen LogP contribution in [0.4, 0.5) is 10.5 Å². The van der Waals surface area contributed by atoms with Gasteiger partial charge in [0.15, 0.2) is 0 Å². The number of hydrogen-bond donors (Lipinski definition) is 2. The Morgan fingerprint density at radius 3 is 2.54 bits per heavy atom. The lowest BCUT2D eigenvalue weighted by atomic mass is 9.85. The molecule has 3 amide bonds. The van der Waals surface area contributed by atoms with Gasteiger partial charge < -0.3 is 29.7 Å². The molecule has 2 fully saturated rings. The van der Waals surface area contributed by atoms with Crippen LogP contribution in [-0.4, -0.2) is 67.7 Å². The van der Waals surface area contributed by atoms with E-state index < -0.39 is 29.6 Å². The molecule has 4 atom stereocenters. The summed E-state index contributed by atoms with van der Waals surface area (Å²) in [5.74, 6) is 0.0609. The molecule has 1 aliphatic carbocycles. The fourth-order valence-corrected chi connectivity index (χ4v) is 5.74. The molecule has 3 rings (SSSR count). The molecule has 254 valence electrons. The second kappa shape index (κ2) is 16.7. The predicted molar refractivity (Wildman–Crippen MR) is 178 cm³/mol. The summed E-state index contributed by atoms with van der Waals surface area (Å²) in [4.78, 5) is 53.2. The van der Waals surface area contributed by atoms with Gasteiger partial charge >= 0.3 is 12.1 Å². The highest BCUT2D eigenvalue weighted by molar-refractivity contribution is 6.06. The first kappa shape index (κ1) is 36.6. The lowest BCUT2D eigenvalue weighted by Gasteiger charge is -2.34. The highest BCUT2D eigenvalue weighted by Gasteiger charge is 2.44. The zero-order valence-electron chi connectivity index (χ0n) is 28.9. The fraction of sp³-hybridized carbons (Fsp3) is 0.611. The highest BCUT2D eigenvalue weighted by atomic mass is 16.6. The Kier molecular flexibility index (Phi) is 13.3. The van der Waals surface area contributed by atoms with Crippen molar-refractivity contribution >= 4 is 29.6 Å². The minimum atomic E-state index is -0.838. The van der Waals surface area contributed by atoms with E-state index in [0.29, 0.717) is 30.7 Å². The number of ether oxygens (including phenoxy) is 3. The van der Waals surface area contributed by atoms with Crippen molar-refractivity contribution in [3.05, 3.63) is 47.1 Å². The molecule has 2 aliphatic rings. The number of amides is 3. The van der Waals surface area contributed by atoms with Crippen molar-refractivity contribution in [2.45, 2.75) is 111 Å². The van der Waals surface area contributed by atoms with Gasteiger partial charge in [0.1, 0.15) is 23.9 Å². The molecular weight excluding hydrogens is 586 g/mol. The summed E-state index contributed by atoms with van der Waals surface area (Å²) in [5.41, 5.74) is 2.84. The number of likely N-dealkylation sites (tertiary alicyclic amines) is 1. The molecule has 1 aliphatic heterocycles. The molecule has 46 heavy (non-hydrogen) atoms. The minimum absolute atomic E-state index is 0.150. The summed E-state index contributed by atoms with van der Waals surface area (Å²) in [6.45, 7) is 12.1. The van der Waals surface area contributed by atoms with Crippen molar-refractivity contribution in [3.8, 4) is 5.75 Å². The Balaban J connectivity index is 1.50. The number of nitrogens with zero attached hydrogens (tertiary/aromatic N) is 1. The van der Waals surface area contributed by atoms with Crippen molar-refractivity contribution in [3.63, 3.8) is 0 Å². The molecule has 1 aromatic carbocycles. The Labute approximate surface area is 274 Å². The minimum Gasteiger partial charge on any atom is -0.497 e. The topological polar surface area (TPSA) is 123 Å². The summed E-state index contributed by atoms with van der Waals surface area (Å²) >= 11 is 0. The Bertz CT molecular complexity index is 1310. The third-order valence-electron chi connectivity index (χ3n) is 8.66. The average Bonchev–Trinajstić information content (AvgIpc) is 3.53. The molecule has 0 spiro atoms. The van der Waals surface area contributed by atoms with E-state index in [1.165, 1.54) is 12.0 Å². The molecule has 0 bridgehead atoms. The number of esters is 1. The number of carbonyl (C=O) groups is 4. The number of unbranched alkanes of at least 4 members (excludes halogenated alkanes) is 1. The van der Waals surface area contributed by atoms with Gasteiger partial charge in [-0.2, -0.15) is 0 Å². The van der Waals surface area contributed by atoms with E-state index in [9.17, 15) is 19.2 Å². The van der Waals surface area contributed by atoms with Gasteiger partial charge in [-0.05, 0) is 81.8 Å². The van der Waals surface area contributed by atoms with Gasteiger partial charge in [-0.3, -0.25) is 9.59 Å². The van der Waals surface area contributed by atoms with Crippen LogP contribution in [0.1, 0.15) is 91.5 Å². The van der Waals surface area contributed by atoms with E-state index in [2.05, 4.69) is 17.6 Å². The van der Waals surface area contributed by atoms with Crippen molar-refractivity contribution < 1.29 is 33.4 Å². The highest BCUT2D eigenvalue weighted by Crippen LogP contribution is 2.38. The van der Waals surface area contributed by atoms with Crippen LogP contribution in [-0.2, 0) is 23.9 Å². The van der Waals surface area contributed by atoms with Crippen LogP contribution in [0.25, 0.3) is 0 Å². The number of anilines is 1. The second-order valence-electron chi connectivity index (χ2n) is 13.6. The van der Waals surface area contributed by atoms with Crippen LogP contribution in [0.5, 0.6) is 5.75 Å². The molecule has 10 nitrogen and oxygen atoms in total. The first-order chi connectivity index (χ1) is 21.8.